The third kappa shape index (κ3) is 6.13. The fourth-order valence-corrected chi connectivity index (χ4v) is 151. The maximum absolute atomic E-state index is 2.92. The second-order valence-electron chi connectivity index (χ2n) is 22.6. The second-order valence-corrected chi connectivity index (χ2v) is 83.5. The Balaban J connectivity index is 10.1. The summed E-state index contributed by atoms with van der Waals surface area (Å²) in [5, 5.41) is 0. The molecule has 0 atom stereocenters. The standard InChI is InChI=1S/3C10H27Si3.Cr/c3*1-11(2,3)10(12(4,5)6)13(7,8)9;/h3*1-9H3;. The van der Waals surface area contributed by atoms with Gasteiger partial charge in [-0.05, 0) is 0 Å². The van der Waals surface area contributed by atoms with Gasteiger partial charge in [0, 0.05) is 0 Å². The van der Waals surface area contributed by atoms with Crippen molar-refractivity contribution in [3.63, 3.8) is 0 Å². The van der Waals surface area contributed by atoms with Crippen LogP contribution in [-0.4, -0.2) is 72.7 Å². The summed E-state index contributed by atoms with van der Waals surface area (Å²) in [5.41, 5.74) is 0. The van der Waals surface area contributed by atoms with E-state index in [0.717, 1.165) is 0 Å². The van der Waals surface area contributed by atoms with Crippen LogP contribution in [0.5, 0.6) is 0 Å². The van der Waals surface area contributed by atoms with Crippen LogP contribution in [0.15, 0.2) is 0 Å². The maximum atomic E-state index is 2.92. The predicted octanol–water partition coefficient (Wildman–Crippen LogP) is 13.0. The normalized spacial score (nSPS) is 17.1. The van der Waals surface area contributed by atoms with Crippen LogP contribution in [0, 0.1) is 0 Å². The van der Waals surface area contributed by atoms with Crippen molar-refractivity contribution >= 4 is 72.7 Å². The van der Waals surface area contributed by atoms with Gasteiger partial charge in [-0.25, -0.2) is 0 Å². The third-order valence-corrected chi connectivity index (χ3v) is 106. The number of hydrogen-bond acceptors (Lipinski definition) is 0. The van der Waals surface area contributed by atoms with Gasteiger partial charge >= 0.3 is 273 Å². The van der Waals surface area contributed by atoms with Gasteiger partial charge in [0.25, 0.3) is 0 Å². The molecule has 0 rings (SSSR count). The van der Waals surface area contributed by atoms with Crippen molar-refractivity contribution in [2.75, 3.05) is 0 Å². The average Bonchev–Trinajstić information content (AvgIpc) is 2.41. The Morgan fingerprint density at radius 3 is 0.325 bits per heavy atom. The van der Waals surface area contributed by atoms with Gasteiger partial charge in [0.1, 0.15) is 0 Å². The summed E-state index contributed by atoms with van der Waals surface area (Å²) in [7, 11) is -14.9. The molecule has 0 aromatic heterocycles. The molecule has 10 heteroatoms. The van der Waals surface area contributed by atoms with E-state index in [1.54, 1.807) is 0 Å². The van der Waals surface area contributed by atoms with Crippen molar-refractivity contribution in [1.82, 2.24) is 0 Å². The third-order valence-electron chi connectivity index (χ3n) is 10.4. The van der Waals surface area contributed by atoms with E-state index in [1.165, 1.54) is 0 Å². The van der Waals surface area contributed by atoms with Crippen molar-refractivity contribution in [3.8, 4) is 0 Å². The van der Waals surface area contributed by atoms with Gasteiger partial charge < -0.3 is 0 Å². The first-order valence-electron chi connectivity index (χ1n) is 16.4. The molecule has 0 unspecified atom stereocenters. The summed E-state index contributed by atoms with van der Waals surface area (Å²) >= 11 is -1.31. The van der Waals surface area contributed by atoms with Crippen LogP contribution in [0.3, 0.4) is 0 Å². The van der Waals surface area contributed by atoms with Crippen LogP contribution in [0.25, 0.3) is 0 Å². The molecule has 0 radical (unpaired) electrons. The molecule has 0 aliphatic carbocycles. The molecule has 0 N–H and O–H groups in total. The summed E-state index contributed by atoms with van der Waals surface area (Å²) in [4.78, 5) is 0. The minimum atomic E-state index is -1.65. The molecular formula is C30H81CrSi9. The summed E-state index contributed by atoms with van der Waals surface area (Å²) < 4.78 is 2.07. The Kier molecular flexibility index (Phi) is 12.0. The fraction of sp³-hybridized carbons (Fsp3) is 1.00. The predicted molar refractivity (Wildman–Crippen MR) is 218 cm³/mol. The van der Waals surface area contributed by atoms with Gasteiger partial charge in [0.05, 0.1) is 0 Å². The van der Waals surface area contributed by atoms with Crippen molar-refractivity contribution in [3.05, 3.63) is 0 Å². The van der Waals surface area contributed by atoms with E-state index in [4.69, 9.17) is 0 Å². The zero-order chi connectivity index (χ0) is 33.6. The molecular weight excluding hydrogens is 665 g/mol. The summed E-state index contributed by atoms with van der Waals surface area (Å²) in [6, 6.07) is 0. The molecule has 0 heterocycles. The molecule has 0 bridgehead atoms. The number of rotatable bonds is 12. The van der Waals surface area contributed by atoms with E-state index in [-0.39, 0.29) is 0 Å². The monoisotopic (exact) mass is 745 g/mol. The molecule has 0 aliphatic rings. The molecule has 0 aromatic carbocycles. The number of hydrogen-bond donors (Lipinski definition) is 0. The van der Waals surface area contributed by atoms with Crippen LogP contribution < -0.4 is 0 Å². The van der Waals surface area contributed by atoms with Gasteiger partial charge in [-0.15, -0.1) is 0 Å². The van der Waals surface area contributed by atoms with E-state index in [9.17, 15) is 0 Å². The molecule has 243 valence electrons. The van der Waals surface area contributed by atoms with Gasteiger partial charge in [-0.3, -0.25) is 0 Å². The molecule has 0 aromatic rings. The molecule has 0 saturated carbocycles. The van der Waals surface area contributed by atoms with E-state index < -0.39 is 86.8 Å². The summed E-state index contributed by atoms with van der Waals surface area (Å²) in [6.45, 7) is 78.9. The molecule has 40 heavy (non-hydrogen) atoms. The molecule has 0 aliphatic heterocycles. The Morgan fingerprint density at radius 2 is 0.275 bits per heavy atom. The zero-order valence-corrected chi connectivity index (χ0v) is 43.7. The molecule has 0 spiro atoms. The van der Waals surface area contributed by atoms with Crippen LogP contribution >= 0.6 is 0 Å². The van der Waals surface area contributed by atoms with Gasteiger partial charge in [-0.2, -0.15) is 0 Å². The first-order chi connectivity index (χ1) is 16.6. The van der Waals surface area contributed by atoms with Crippen LogP contribution in [0.2, 0.25) is 186 Å². The van der Waals surface area contributed by atoms with Crippen LogP contribution in [0.4, 0.5) is 0 Å². The van der Waals surface area contributed by atoms with Gasteiger partial charge in [0.15, 0.2) is 0 Å². The van der Waals surface area contributed by atoms with Crippen molar-refractivity contribution in [2.45, 2.75) is 186 Å². The van der Waals surface area contributed by atoms with E-state index in [0.29, 0.717) is 9.44 Å². The van der Waals surface area contributed by atoms with Crippen molar-refractivity contribution in [2.24, 2.45) is 0 Å². The molecule has 0 fully saturated rings. The van der Waals surface area contributed by atoms with Crippen LogP contribution in [-0.2, 0) is 14.1 Å². The second kappa shape index (κ2) is 11.3. The van der Waals surface area contributed by atoms with E-state index in [2.05, 4.69) is 177 Å². The Bertz CT molecular complexity index is 653. The quantitative estimate of drug-likeness (QED) is 0.175. The Hall–Kier alpha value is 2.48. The van der Waals surface area contributed by atoms with Crippen molar-refractivity contribution < 1.29 is 14.1 Å². The van der Waals surface area contributed by atoms with E-state index in [1.807, 2.05) is 0 Å². The fourth-order valence-electron chi connectivity index (χ4n) is 13.6. The molecule has 0 amide bonds. The SMILES string of the molecule is C[Si](C)(C)[C]([Cr]([C]([Si](C)(C)C)([Si](C)(C)C)[Si](C)(C)C)[C]([Si](C)(C)C)([Si](C)(C)C)[Si](C)(C)C)([Si](C)(C)C)[Si](C)(C)C. The summed E-state index contributed by atoms with van der Waals surface area (Å²) in [5.74, 6) is 0. The molecule has 0 saturated heterocycles. The first kappa shape index (κ1) is 42.5. The average molecular weight is 747 g/mol. The van der Waals surface area contributed by atoms with E-state index >= 15 is 0 Å². The summed E-state index contributed by atoms with van der Waals surface area (Å²) in [6.07, 6.45) is 0. The van der Waals surface area contributed by atoms with Crippen LogP contribution in [0.1, 0.15) is 0 Å². The van der Waals surface area contributed by atoms with Gasteiger partial charge in [-0.1, -0.05) is 0 Å². The Morgan fingerprint density at radius 1 is 0.200 bits per heavy atom. The first-order valence-corrected chi connectivity index (χ1v) is 49.8. The molecule has 0 nitrogen and oxygen atoms in total. The van der Waals surface area contributed by atoms with Crippen molar-refractivity contribution in [1.29, 1.82) is 0 Å². The topological polar surface area (TPSA) is 0 Å². The Labute approximate surface area is 271 Å². The minimum absolute atomic E-state index is 0.689. The van der Waals surface area contributed by atoms with Gasteiger partial charge in [0.2, 0.25) is 0 Å². The zero-order valence-electron chi connectivity index (χ0n) is 33.4.